The lowest BCUT2D eigenvalue weighted by Gasteiger charge is -2.11. The van der Waals surface area contributed by atoms with Gasteiger partial charge < -0.3 is 8.98 Å². The van der Waals surface area contributed by atoms with Crippen molar-refractivity contribution in [3.8, 4) is 11.1 Å². The fraction of sp³-hybridized carbons (Fsp3) is 0.400. The van der Waals surface area contributed by atoms with Gasteiger partial charge in [0.05, 0.1) is 12.5 Å². The van der Waals surface area contributed by atoms with Crippen LogP contribution in [-0.4, -0.2) is 37.9 Å². The molecule has 3 aromatic rings. The summed E-state index contributed by atoms with van der Waals surface area (Å²) < 4.78 is 35.1. The van der Waals surface area contributed by atoms with Crippen molar-refractivity contribution < 1.29 is 12.8 Å². The molecule has 2 heterocycles. The van der Waals surface area contributed by atoms with E-state index in [1.807, 2.05) is 6.07 Å². The van der Waals surface area contributed by atoms with Gasteiger partial charge in [0.2, 0.25) is 0 Å². The summed E-state index contributed by atoms with van der Waals surface area (Å²) >= 11 is 0. The minimum Gasteiger partial charge on any atom is -0.472 e. The fourth-order valence-corrected chi connectivity index (χ4v) is 3.78. The monoisotopic (exact) mass is 389 g/mol. The molecule has 7 heteroatoms. The number of rotatable bonds is 8. The van der Waals surface area contributed by atoms with E-state index in [2.05, 4.69) is 47.5 Å². The number of nitrogens with zero attached hydrogens (tertiary/aromatic N) is 2. The van der Waals surface area contributed by atoms with E-state index in [1.54, 1.807) is 12.5 Å². The number of fused-ring (bicyclic) bond motifs is 1. The van der Waals surface area contributed by atoms with Crippen molar-refractivity contribution in [3.63, 3.8) is 0 Å². The van der Waals surface area contributed by atoms with Gasteiger partial charge in [0.1, 0.15) is 0 Å². The summed E-state index contributed by atoms with van der Waals surface area (Å²) in [7, 11) is -0.360. The minimum atomic E-state index is -3.40. The number of hydrogen-bond acceptors (Lipinski definition) is 3. The third kappa shape index (κ3) is 4.43. The van der Waals surface area contributed by atoms with E-state index < -0.39 is 10.2 Å². The van der Waals surface area contributed by atoms with Crippen LogP contribution in [0.15, 0.2) is 47.4 Å². The Morgan fingerprint density at radius 2 is 1.96 bits per heavy atom. The van der Waals surface area contributed by atoms with Crippen LogP contribution < -0.4 is 4.72 Å². The second kappa shape index (κ2) is 7.88. The Morgan fingerprint density at radius 1 is 1.19 bits per heavy atom. The highest BCUT2D eigenvalue weighted by Crippen LogP contribution is 2.29. The average molecular weight is 390 g/mol. The largest absolute Gasteiger partial charge is 0.472 e. The summed E-state index contributed by atoms with van der Waals surface area (Å²) in [6.45, 7) is 5.66. The zero-order valence-corrected chi connectivity index (χ0v) is 17.1. The number of nitrogens with one attached hydrogen (secondary N) is 1. The lowest BCUT2D eigenvalue weighted by molar-refractivity contribution is 0.506. The van der Waals surface area contributed by atoms with E-state index in [4.69, 9.17) is 4.42 Å². The topological polar surface area (TPSA) is 67.5 Å². The van der Waals surface area contributed by atoms with Gasteiger partial charge in [-0.1, -0.05) is 26.0 Å². The maximum atomic E-state index is 11.9. The first kappa shape index (κ1) is 19.7. The fourth-order valence-electron chi connectivity index (χ4n) is 3.16. The first-order valence-corrected chi connectivity index (χ1v) is 10.5. The first-order valence-electron chi connectivity index (χ1n) is 9.09. The first-order chi connectivity index (χ1) is 12.8. The molecular weight excluding hydrogens is 362 g/mol. The molecule has 0 saturated heterocycles. The van der Waals surface area contributed by atoms with Crippen molar-refractivity contribution >= 4 is 21.1 Å². The lowest BCUT2D eigenvalue weighted by Crippen LogP contribution is -2.36. The summed E-state index contributed by atoms with van der Waals surface area (Å²) in [4.78, 5) is 0. The standard InChI is InChI=1S/C20H27N3O3S/c1-15(2)12-23-13-17(7-9-21-27(24,25)22(3)4)19-6-5-16(11-20(19)23)18-8-10-26-14-18/h5-6,8,10-11,13-15,21H,7,9,12H2,1-4H3. The summed E-state index contributed by atoms with van der Waals surface area (Å²) in [5.41, 5.74) is 4.47. The van der Waals surface area contributed by atoms with Crippen molar-refractivity contribution in [2.24, 2.45) is 5.92 Å². The van der Waals surface area contributed by atoms with Crippen molar-refractivity contribution in [2.45, 2.75) is 26.8 Å². The third-order valence-corrected chi connectivity index (χ3v) is 6.07. The molecule has 27 heavy (non-hydrogen) atoms. The Balaban J connectivity index is 1.91. The summed E-state index contributed by atoms with van der Waals surface area (Å²) in [6.07, 6.45) is 6.20. The quantitative estimate of drug-likeness (QED) is 0.641. The molecule has 0 aliphatic rings. The summed E-state index contributed by atoms with van der Waals surface area (Å²) in [5.74, 6) is 0.512. The second-order valence-corrected chi connectivity index (χ2v) is 9.35. The molecule has 0 amide bonds. The van der Waals surface area contributed by atoms with Gasteiger partial charge in [-0.05, 0) is 35.6 Å². The molecule has 1 N–H and O–H groups in total. The van der Waals surface area contributed by atoms with Crippen LogP contribution in [0.5, 0.6) is 0 Å². The zero-order chi connectivity index (χ0) is 19.6. The SMILES string of the molecule is CC(C)Cn1cc(CCNS(=O)(=O)N(C)C)c2ccc(-c3ccoc3)cc21. The Kier molecular flexibility index (Phi) is 5.74. The van der Waals surface area contributed by atoms with Crippen molar-refractivity contribution in [2.75, 3.05) is 20.6 Å². The van der Waals surface area contributed by atoms with Gasteiger partial charge in [-0.3, -0.25) is 0 Å². The van der Waals surface area contributed by atoms with Crippen LogP contribution in [0.1, 0.15) is 19.4 Å². The molecule has 2 aromatic heterocycles. The van der Waals surface area contributed by atoms with E-state index in [-0.39, 0.29) is 0 Å². The molecule has 0 fully saturated rings. The molecule has 1 aromatic carbocycles. The highest BCUT2D eigenvalue weighted by atomic mass is 32.2. The zero-order valence-electron chi connectivity index (χ0n) is 16.3. The Morgan fingerprint density at radius 3 is 2.59 bits per heavy atom. The maximum absolute atomic E-state index is 11.9. The number of benzene rings is 1. The maximum Gasteiger partial charge on any atom is 0.278 e. The Bertz CT molecular complexity index is 1000. The van der Waals surface area contributed by atoms with Crippen LogP contribution in [0.3, 0.4) is 0 Å². The molecule has 3 rings (SSSR count). The van der Waals surface area contributed by atoms with E-state index in [9.17, 15) is 8.42 Å². The van der Waals surface area contributed by atoms with E-state index >= 15 is 0 Å². The summed E-state index contributed by atoms with van der Waals surface area (Å²) in [6, 6.07) is 8.33. The molecule has 0 bridgehead atoms. The predicted octanol–water partition coefficient (Wildman–Crippen LogP) is 3.50. The molecule has 0 aliphatic carbocycles. The summed E-state index contributed by atoms with van der Waals surface area (Å²) in [5, 5.41) is 1.16. The van der Waals surface area contributed by atoms with Crippen molar-refractivity contribution in [3.05, 3.63) is 48.6 Å². The van der Waals surface area contributed by atoms with Crippen LogP contribution in [0.2, 0.25) is 0 Å². The molecule has 0 spiro atoms. The Labute approximate surface area is 161 Å². The predicted molar refractivity (Wildman–Crippen MR) is 109 cm³/mol. The molecule has 0 unspecified atom stereocenters. The highest BCUT2D eigenvalue weighted by molar-refractivity contribution is 7.87. The molecule has 0 aliphatic heterocycles. The van der Waals surface area contributed by atoms with Crippen LogP contribution in [-0.2, 0) is 23.2 Å². The van der Waals surface area contributed by atoms with Crippen molar-refractivity contribution in [1.82, 2.24) is 13.6 Å². The normalized spacial score (nSPS) is 12.5. The van der Waals surface area contributed by atoms with Crippen LogP contribution in [0, 0.1) is 5.92 Å². The van der Waals surface area contributed by atoms with Gasteiger partial charge in [-0.15, -0.1) is 0 Å². The van der Waals surface area contributed by atoms with Gasteiger partial charge in [0.25, 0.3) is 10.2 Å². The molecule has 0 atom stereocenters. The molecule has 0 radical (unpaired) electrons. The van der Waals surface area contributed by atoms with Gasteiger partial charge in [-0.2, -0.15) is 12.7 Å². The number of furan rings is 1. The molecule has 146 valence electrons. The van der Waals surface area contributed by atoms with Crippen LogP contribution in [0.25, 0.3) is 22.0 Å². The number of hydrogen-bond donors (Lipinski definition) is 1. The Hall–Kier alpha value is -2.09. The smallest absolute Gasteiger partial charge is 0.278 e. The van der Waals surface area contributed by atoms with E-state index in [0.717, 1.165) is 34.1 Å². The molecule has 0 saturated carbocycles. The number of aromatic nitrogens is 1. The van der Waals surface area contributed by atoms with Gasteiger partial charge in [-0.25, -0.2) is 4.72 Å². The van der Waals surface area contributed by atoms with Gasteiger partial charge >= 0.3 is 0 Å². The van der Waals surface area contributed by atoms with Gasteiger partial charge in [0.15, 0.2) is 0 Å². The van der Waals surface area contributed by atoms with E-state index in [0.29, 0.717) is 18.9 Å². The minimum absolute atomic E-state index is 0.366. The van der Waals surface area contributed by atoms with Gasteiger partial charge in [0, 0.05) is 49.8 Å². The average Bonchev–Trinajstić information content (AvgIpc) is 3.23. The molecule has 6 nitrogen and oxygen atoms in total. The molecular formula is C20H27N3O3S. The third-order valence-electron chi connectivity index (χ3n) is 4.54. The lowest BCUT2D eigenvalue weighted by atomic mass is 10.0. The van der Waals surface area contributed by atoms with Crippen LogP contribution in [0.4, 0.5) is 0 Å². The van der Waals surface area contributed by atoms with E-state index in [1.165, 1.54) is 18.4 Å². The van der Waals surface area contributed by atoms with Crippen LogP contribution >= 0.6 is 0 Å². The highest BCUT2D eigenvalue weighted by Gasteiger charge is 2.15. The second-order valence-electron chi connectivity index (χ2n) is 7.38. The van der Waals surface area contributed by atoms with Crippen molar-refractivity contribution in [1.29, 1.82) is 0 Å².